The Bertz CT molecular complexity index is 436. The number of carbonyl (C=O) groups excluding carboxylic acids is 1. The lowest BCUT2D eigenvalue weighted by molar-refractivity contribution is 0.0792. The van der Waals surface area contributed by atoms with Crippen molar-refractivity contribution in [2.75, 3.05) is 13.1 Å². The highest BCUT2D eigenvalue weighted by Crippen LogP contribution is 2.37. The molecule has 1 aliphatic heterocycles. The van der Waals surface area contributed by atoms with Gasteiger partial charge >= 0.3 is 6.09 Å². The van der Waals surface area contributed by atoms with Gasteiger partial charge in [-0.1, -0.05) is 37.3 Å². The average molecular weight is 302 g/mol. The molecule has 0 unspecified atom stereocenters. The van der Waals surface area contributed by atoms with E-state index in [0.29, 0.717) is 19.5 Å². The minimum Gasteiger partial charge on any atom is -0.445 e. The van der Waals surface area contributed by atoms with Crippen LogP contribution in [0.4, 0.5) is 4.79 Å². The molecule has 1 aromatic carbocycles. The lowest BCUT2D eigenvalue weighted by Crippen LogP contribution is -2.47. The Labute approximate surface area is 123 Å². The topological polar surface area (TPSA) is 29.5 Å². The van der Waals surface area contributed by atoms with Crippen molar-refractivity contribution < 1.29 is 9.53 Å². The highest BCUT2D eigenvalue weighted by molar-refractivity contribution is 6.48. The van der Waals surface area contributed by atoms with Gasteiger partial charge in [0, 0.05) is 19.0 Å². The normalized spacial score (nSPS) is 22.1. The van der Waals surface area contributed by atoms with Crippen LogP contribution in [0.15, 0.2) is 30.3 Å². The molecule has 0 aromatic heterocycles. The molecule has 19 heavy (non-hydrogen) atoms. The zero-order valence-electron chi connectivity index (χ0n) is 10.8. The van der Waals surface area contributed by atoms with Crippen LogP contribution in [0.5, 0.6) is 0 Å². The van der Waals surface area contributed by atoms with E-state index in [9.17, 15) is 4.79 Å². The number of rotatable bonds is 2. The second-order valence-electron chi connectivity index (χ2n) is 4.90. The number of hydrogen-bond acceptors (Lipinski definition) is 2. The molecule has 1 atom stereocenters. The minimum atomic E-state index is -0.740. The van der Waals surface area contributed by atoms with Crippen LogP contribution in [0.3, 0.4) is 0 Å². The molecule has 5 heteroatoms. The van der Waals surface area contributed by atoms with E-state index in [1.807, 2.05) is 37.3 Å². The average Bonchev–Trinajstić information content (AvgIpc) is 2.40. The van der Waals surface area contributed by atoms with Crippen molar-refractivity contribution in [1.82, 2.24) is 4.90 Å². The first-order chi connectivity index (χ1) is 8.99. The predicted octanol–water partition coefficient (Wildman–Crippen LogP) is 3.84. The van der Waals surface area contributed by atoms with Crippen LogP contribution in [-0.4, -0.2) is 28.4 Å². The molecule has 1 fully saturated rings. The second kappa shape index (κ2) is 6.02. The summed E-state index contributed by atoms with van der Waals surface area (Å²) in [6, 6.07) is 9.62. The van der Waals surface area contributed by atoms with E-state index in [1.165, 1.54) is 0 Å². The quantitative estimate of drug-likeness (QED) is 0.777. The molecule has 104 valence electrons. The molecule has 1 heterocycles. The van der Waals surface area contributed by atoms with E-state index >= 15 is 0 Å². The van der Waals surface area contributed by atoms with Gasteiger partial charge in [0.05, 0.1) is 0 Å². The number of likely N-dealkylation sites (tertiary alicyclic amines) is 1. The standard InChI is InChI=1S/C14H17Cl2NO2/c1-11-9-17(8-7-14(11,15)16)13(18)19-10-12-5-3-2-4-6-12/h2-6,11H,7-10H2,1H3/t11-/m0/s1. The maximum absolute atomic E-state index is 11.9. The third-order valence-electron chi connectivity index (χ3n) is 3.39. The lowest BCUT2D eigenvalue weighted by Gasteiger charge is -2.38. The molecule has 0 spiro atoms. The van der Waals surface area contributed by atoms with Crippen molar-refractivity contribution in [3.63, 3.8) is 0 Å². The zero-order valence-corrected chi connectivity index (χ0v) is 12.3. The van der Waals surface area contributed by atoms with E-state index in [1.54, 1.807) is 4.90 Å². The van der Waals surface area contributed by atoms with Gasteiger partial charge in [0.2, 0.25) is 0 Å². The number of carbonyl (C=O) groups is 1. The highest BCUT2D eigenvalue weighted by atomic mass is 35.5. The third-order valence-corrected chi connectivity index (χ3v) is 4.52. The van der Waals surface area contributed by atoms with Gasteiger partial charge in [-0.2, -0.15) is 0 Å². The van der Waals surface area contributed by atoms with Crippen molar-refractivity contribution in [2.24, 2.45) is 5.92 Å². The smallest absolute Gasteiger partial charge is 0.410 e. The Kier molecular flexibility index (Phi) is 4.58. The van der Waals surface area contributed by atoms with Gasteiger partial charge in [-0.3, -0.25) is 0 Å². The number of nitrogens with zero attached hydrogens (tertiary/aromatic N) is 1. The first-order valence-electron chi connectivity index (χ1n) is 6.32. The molecule has 0 N–H and O–H groups in total. The Morgan fingerprint density at radius 3 is 2.74 bits per heavy atom. The van der Waals surface area contributed by atoms with Crippen LogP contribution in [-0.2, 0) is 11.3 Å². The molecule has 0 saturated carbocycles. The molecule has 0 radical (unpaired) electrons. The number of alkyl halides is 2. The van der Waals surface area contributed by atoms with Crippen molar-refractivity contribution in [3.05, 3.63) is 35.9 Å². The molecule has 0 bridgehead atoms. The van der Waals surface area contributed by atoms with E-state index in [4.69, 9.17) is 27.9 Å². The lowest BCUT2D eigenvalue weighted by atomic mass is 9.99. The van der Waals surface area contributed by atoms with Gasteiger partial charge in [0.1, 0.15) is 10.9 Å². The summed E-state index contributed by atoms with van der Waals surface area (Å²) in [5.41, 5.74) is 0.977. The van der Waals surface area contributed by atoms with E-state index in [2.05, 4.69) is 0 Å². The van der Waals surface area contributed by atoms with Gasteiger partial charge < -0.3 is 9.64 Å². The monoisotopic (exact) mass is 301 g/mol. The number of halogens is 2. The summed E-state index contributed by atoms with van der Waals surface area (Å²) in [5, 5.41) is 0. The summed E-state index contributed by atoms with van der Waals surface area (Å²) in [6.07, 6.45) is 0.261. The zero-order chi connectivity index (χ0) is 13.9. The van der Waals surface area contributed by atoms with Crippen molar-refractivity contribution in [3.8, 4) is 0 Å². The highest BCUT2D eigenvalue weighted by Gasteiger charge is 2.38. The molecule has 1 aliphatic rings. The third kappa shape index (κ3) is 3.77. The molecular formula is C14H17Cl2NO2. The molecular weight excluding hydrogens is 285 g/mol. The van der Waals surface area contributed by atoms with Crippen molar-refractivity contribution in [2.45, 2.75) is 24.3 Å². The fourth-order valence-corrected chi connectivity index (χ4v) is 2.37. The van der Waals surface area contributed by atoms with Crippen LogP contribution in [0.2, 0.25) is 0 Å². The van der Waals surface area contributed by atoms with Crippen LogP contribution >= 0.6 is 23.2 Å². The van der Waals surface area contributed by atoms with E-state index in [-0.39, 0.29) is 18.6 Å². The molecule has 2 rings (SSSR count). The molecule has 1 saturated heterocycles. The Hall–Kier alpha value is -0.930. The number of hydrogen-bond donors (Lipinski definition) is 0. The fourth-order valence-electron chi connectivity index (χ4n) is 2.06. The largest absolute Gasteiger partial charge is 0.445 e. The summed E-state index contributed by atoms with van der Waals surface area (Å²) in [7, 11) is 0. The second-order valence-corrected chi connectivity index (χ2v) is 6.44. The molecule has 0 aliphatic carbocycles. The van der Waals surface area contributed by atoms with Crippen LogP contribution < -0.4 is 0 Å². The summed E-state index contributed by atoms with van der Waals surface area (Å²) < 4.78 is 4.55. The van der Waals surface area contributed by atoms with Crippen molar-refractivity contribution >= 4 is 29.3 Å². The SMILES string of the molecule is C[C@H]1CN(C(=O)OCc2ccccc2)CCC1(Cl)Cl. The number of ether oxygens (including phenoxy) is 1. The van der Waals surface area contributed by atoms with Gasteiger partial charge in [-0.25, -0.2) is 4.79 Å². The Morgan fingerprint density at radius 1 is 1.42 bits per heavy atom. The van der Waals surface area contributed by atoms with Gasteiger partial charge in [-0.15, -0.1) is 23.2 Å². The fraction of sp³-hybridized carbons (Fsp3) is 0.500. The summed E-state index contributed by atoms with van der Waals surface area (Å²) in [5.74, 6) is 0.0360. The summed E-state index contributed by atoms with van der Waals surface area (Å²) in [6.45, 7) is 3.29. The number of piperidine rings is 1. The predicted molar refractivity (Wildman–Crippen MR) is 76.4 cm³/mol. The summed E-state index contributed by atoms with van der Waals surface area (Å²) in [4.78, 5) is 13.6. The van der Waals surface area contributed by atoms with Gasteiger partial charge in [-0.05, 0) is 12.0 Å². The van der Waals surface area contributed by atoms with Crippen LogP contribution in [0.1, 0.15) is 18.9 Å². The number of amides is 1. The Morgan fingerprint density at radius 2 is 2.11 bits per heavy atom. The maximum Gasteiger partial charge on any atom is 0.410 e. The summed E-state index contributed by atoms with van der Waals surface area (Å²) >= 11 is 12.3. The first-order valence-corrected chi connectivity index (χ1v) is 7.08. The molecule has 1 amide bonds. The van der Waals surface area contributed by atoms with Crippen LogP contribution in [0, 0.1) is 5.92 Å². The maximum atomic E-state index is 11.9. The van der Waals surface area contributed by atoms with Gasteiger partial charge in [0.15, 0.2) is 0 Å². The van der Waals surface area contributed by atoms with Crippen molar-refractivity contribution in [1.29, 1.82) is 0 Å². The molecule has 3 nitrogen and oxygen atoms in total. The van der Waals surface area contributed by atoms with E-state index in [0.717, 1.165) is 5.56 Å². The molecule has 1 aromatic rings. The Balaban J connectivity index is 1.84. The first kappa shape index (κ1) is 14.5. The van der Waals surface area contributed by atoms with Gasteiger partial charge in [0.25, 0.3) is 0 Å². The van der Waals surface area contributed by atoms with E-state index < -0.39 is 4.33 Å². The number of benzene rings is 1. The van der Waals surface area contributed by atoms with Crippen LogP contribution in [0.25, 0.3) is 0 Å². The minimum absolute atomic E-state index is 0.0360.